The van der Waals surface area contributed by atoms with Crippen molar-refractivity contribution in [2.24, 2.45) is 0 Å². The molecule has 6 rings (SSSR count). The first-order chi connectivity index (χ1) is 17.5. The number of nitrogens with zero attached hydrogens (tertiary/aromatic N) is 3. The van der Waals surface area contributed by atoms with Gasteiger partial charge in [0, 0.05) is 5.02 Å². The van der Waals surface area contributed by atoms with Crippen LogP contribution in [0.5, 0.6) is 5.75 Å². The number of carbonyl (C=O) groups excluding carboxylic acids is 2. The first-order valence-corrected chi connectivity index (χ1v) is 12.6. The Morgan fingerprint density at radius 2 is 1.33 bits per heavy atom. The summed E-state index contributed by atoms with van der Waals surface area (Å²) in [4.78, 5) is 37.5. The smallest absolute Gasteiger partial charge is 0.273 e. The van der Waals surface area contributed by atoms with Crippen molar-refractivity contribution in [1.29, 1.82) is 0 Å². The lowest BCUT2D eigenvalue weighted by molar-refractivity contribution is -0.120. The molecule has 0 spiro atoms. The van der Waals surface area contributed by atoms with Crippen LogP contribution in [0.25, 0.3) is 22.2 Å². The molecule has 0 saturated carbocycles. The second-order valence-electron chi connectivity index (χ2n) is 7.52. The number of ether oxygens (including phenoxy) is 1. The molecule has 2 aromatic heterocycles. The fourth-order valence-corrected chi connectivity index (χ4v) is 5.72. The van der Waals surface area contributed by atoms with Gasteiger partial charge in [-0.05, 0) is 66.0 Å². The van der Waals surface area contributed by atoms with E-state index in [9.17, 15) is 9.59 Å². The zero-order chi connectivity index (χ0) is 24.8. The molecule has 3 aromatic carbocycles. The van der Waals surface area contributed by atoms with Crippen LogP contribution in [0.3, 0.4) is 0 Å². The number of halogens is 1. The van der Waals surface area contributed by atoms with Gasteiger partial charge in [0.1, 0.15) is 26.6 Å². The van der Waals surface area contributed by atoms with E-state index in [1.54, 1.807) is 36.4 Å². The lowest BCUT2D eigenvalue weighted by Crippen LogP contribution is -2.31. The molecule has 0 unspecified atom stereocenters. The Bertz CT molecular complexity index is 1550. The average molecular weight is 536 g/mol. The number of hydrogen-bond acceptors (Lipinski definition) is 9. The molecule has 1 aliphatic heterocycles. The van der Waals surface area contributed by atoms with Crippen molar-refractivity contribution in [2.45, 2.75) is 10.4 Å². The van der Waals surface area contributed by atoms with E-state index in [1.807, 2.05) is 24.3 Å². The maximum absolute atomic E-state index is 13.7. The maximum Gasteiger partial charge on any atom is 0.273 e. The van der Waals surface area contributed by atoms with Gasteiger partial charge in [0.05, 0.1) is 12.8 Å². The second kappa shape index (κ2) is 9.05. The van der Waals surface area contributed by atoms with Crippen molar-refractivity contribution in [1.82, 2.24) is 9.97 Å². The number of anilines is 1. The molecule has 0 N–H and O–H groups in total. The Morgan fingerprint density at radius 3 is 1.83 bits per heavy atom. The van der Waals surface area contributed by atoms with Crippen LogP contribution in [0.1, 0.15) is 0 Å². The standard InChI is InChI=1S/C25H14ClN3O5S2/c1-32-19-11-10-13(26)12-16(19)29-22(30)20(35-24-27-14-6-2-4-8-17(14)33-24)21(23(29)31)36-25-28-15-7-3-5-9-18(15)34-25/h2-12H,1H3. The van der Waals surface area contributed by atoms with Crippen LogP contribution in [0.4, 0.5) is 5.69 Å². The highest BCUT2D eigenvalue weighted by Gasteiger charge is 2.43. The minimum absolute atomic E-state index is 0.126. The molecule has 0 bridgehead atoms. The van der Waals surface area contributed by atoms with Gasteiger partial charge in [0.2, 0.25) is 0 Å². The van der Waals surface area contributed by atoms with E-state index >= 15 is 0 Å². The van der Waals surface area contributed by atoms with E-state index < -0.39 is 11.8 Å². The lowest BCUT2D eigenvalue weighted by atomic mass is 10.2. The summed E-state index contributed by atoms with van der Waals surface area (Å²) >= 11 is 8.12. The van der Waals surface area contributed by atoms with Gasteiger partial charge in [-0.1, -0.05) is 35.9 Å². The van der Waals surface area contributed by atoms with Gasteiger partial charge in [-0.25, -0.2) is 14.9 Å². The van der Waals surface area contributed by atoms with E-state index in [2.05, 4.69) is 9.97 Å². The molecule has 0 aliphatic carbocycles. The van der Waals surface area contributed by atoms with Crippen molar-refractivity contribution < 1.29 is 23.2 Å². The summed E-state index contributed by atoms with van der Waals surface area (Å²) in [6.07, 6.45) is 0. The van der Waals surface area contributed by atoms with Crippen molar-refractivity contribution in [3.05, 3.63) is 81.6 Å². The number of hydrogen-bond donors (Lipinski definition) is 0. The van der Waals surface area contributed by atoms with Crippen LogP contribution >= 0.6 is 35.1 Å². The largest absolute Gasteiger partial charge is 0.495 e. The van der Waals surface area contributed by atoms with E-state index in [-0.39, 0.29) is 25.9 Å². The van der Waals surface area contributed by atoms with Gasteiger partial charge >= 0.3 is 0 Å². The lowest BCUT2D eigenvalue weighted by Gasteiger charge is -2.18. The number of para-hydroxylation sites is 4. The third-order valence-electron chi connectivity index (χ3n) is 5.31. The number of benzene rings is 3. The van der Waals surface area contributed by atoms with Crippen LogP contribution < -0.4 is 9.64 Å². The summed E-state index contributed by atoms with van der Waals surface area (Å²) in [7, 11) is 1.45. The summed E-state index contributed by atoms with van der Waals surface area (Å²) < 4.78 is 17.0. The van der Waals surface area contributed by atoms with Crippen LogP contribution in [-0.4, -0.2) is 28.9 Å². The highest BCUT2D eigenvalue weighted by Crippen LogP contribution is 2.46. The molecule has 0 saturated heterocycles. The van der Waals surface area contributed by atoms with Gasteiger partial charge in [0.15, 0.2) is 11.2 Å². The molecule has 1 aliphatic rings. The van der Waals surface area contributed by atoms with E-state index in [0.29, 0.717) is 33.0 Å². The minimum atomic E-state index is -0.563. The van der Waals surface area contributed by atoms with Crippen LogP contribution in [0.15, 0.2) is 95.8 Å². The number of oxazole rings is 2. The molecule has 8 nitrogen and oxygen atoms in total. The average Bonchev–Trinajstić information content (AvgIpc) is 3.54. The number of methoxy groups -OCH3 is 1. The Kier molecular flexibility index (Phi) is 5.71. The summed E-state index contributed by atoms with van der Waals surface area (Å²) in [5.41, 5.74) is 2.64. The number of aromatic nitrogens is 2. The normalized spacial score (nSPS) is 14.0. The number of thioether (sulfide) groups is 2. The molecule has 0 fully saturated rings. The van der Waals surface area contributed by atoms with E-state index in [1.165, 1.54) is 13.2 Å². The highest BCUT2D eigenvalue weighted by atomic mass is 35.5. The zero-order valence-electron chi connectivity index (χ0n) is 18.4. The number of amides is 2. The van der Waals surface area contributed by atoms with Crippen molar-refractivity contribution in [2.75, 3.05) is 12.0 Å². The minimum Gasteiger partial charge on any atom is -0.495 e. The predicted molar refractivity (Wildman–Crippen MR) is 137 cm³/mol. The first kappa shape index (κ1) is 22.7. The number of rotatable bonds is 6. The van der Waals surface area contributed by atoms with Crippen LogP contribution in [0.2, 0.25) is 5.02 Å². The molecular weight excluding hydrogens is 522 g/mol. The molecule has 3 heterocycles. The molecular formula is C25H14ClN3O5S2. The predicted octanol–water partition coefficient (Wildman–Crippen LogP) is 6.30. The number of fused-ring (bicyclic) bond motifs is 2. The number of carbonyl (C=O) groups is 2. The fourth-order valence-electron chi connectivity index (χ4n) is 3.69. The molecule has 2 amide bonds. The van der Waals surface area contributed by atoms with Gasteiger partial charge in [-0.2, -0.15) is 0 Å². The third kappa shape index (κ3) is 3.93. The second-order valence-corrected chi connectivity index (χ2v) is 9.88. The Hall–Kier alpha value is -3.73. The van der Waals surface area contributed by atoms with Crippen molar-refractivity contribution in [3.63, 3.8) is 0 Å². The van der Waals surface area contributed by atoms with Gasteiger partial charge in [-0.15, -0.1) is 0 Å². The van der Waals surface area contributed by atoms with Crippen molar-refractivity contribution >= 4 is 74.8 Å². The van der Waals surface area contributed by atoms with Crippen molar-refractivity contribution in [3.8, 4) is 5.75 Å². The topological polar surface area (TPSA) is 98.7 Å². The number of imide groups is 1. The molecule has 5 aromatic rings. The quantitative estimate of drug-likeness (QED) is 0.232. The highest BCUT2D eigenvalue weighted by molar-refractivity contribution is 8.08. The van der Waals surface area contributed by atoms with E-state index in [4.69, 9.17) is 25.2 Å². The van der Waals surface area contributed by atoms with Crippen LogP contribution in [0, 0.1) is 0 Å². The Labute approximate surface area is 217 Å². The summed E-state index contributed by atoms with van der Waals surface area (Å²) in [5.74, 6) is -0.807. The zero-order valence-corrected chi connectivity index (χ0v) is 20.8. The van der Waals surface area contributed by atoms with Gasteiger partial charge in [0.25, 0.3) is 22.3 Å². The molecule has 36 heavy (non-hydrogen) atoms. The summed E-state index contributed by atoms with van der Waals surface area (Å²) in [6.45, 7) is 0. The summed E-state index contributed by atoms with van der Waals surface area (Å²) in [6, 6.07) is 19.2. The first-order valence-electron chi connectivity index (χ1n) is 10.6. The third-order valence-corrected chi connectivity index (χ3v) is 7.54. The van der Waals surface area contributed by atoms with Gasteiger partial charge < -0.3 is 13.6 Å². The molecule has 178 valence electrons. The molecule has 11 heteroatoms. The van der Waals surface area contributed by atoms with Gasteiger partial charge in [-0.3, -0.25) is 9.59 Å². The molecule has 0 radical (unpaired) electrons. The fraction of sp³-hybridized carbons (Fsp3) is 0.0400. The van der Waals surface area contributed by atoms with Crippen LogP contribution in [-0.2, 0) is 9.59 Å². The SMILES string of the molecule is COc1ccc(Cl)cc1N1C(=O)C(Sc2nc3ccccc3o2)=C(Sc2nc3ccccc3o2)C1=O. The Morgan fingerprint density at radius 1 is 0.806 bits per heavy atom. The maximum atomic E-state index is 13.7. The molecule has 0 atom stereocenters. The summed E-state index contributed by atoms with van der Waals surface area (Å²) in [5, 5.41) is 0.797. The monoisotopic (exact) mass is 535 g/mol. The Balaban J connectivity index is 1.44. The van der Waals surface area contributed by atoms with E-state index in [0.717, 1.165) is 28.4 Å².